The van der Waals surface area contributed by atoms with Crippen molar-refractivity contribution < 1.29 is 4.74 Å². The SMILES string of the molecule is C=CCCOCCNc1n[nH]c(N)n1. The lowest BCUT2D eigenvalue weighted by Gasteiger charge is -2.02. The van der Waals surface area contributed by atoms with E-state index in [1.54, 1.807) is 0 Å². The van der Waals surface area contributed by atoms with Crippen LogP contribution < -0.4 is 11.1 Å². The van der Waals surface area contributed by atoms with Crippen LogP contribution in [-0.2, 0) is 4.74 Å². The topological polar surface area (TPSA) is 88.8 Å². The lowest BCUT2D eigenvalue weighted by molar-refractivity contribution is 0.149. The van der Waals surface area contributed by atoms with Gasteiger partial charge in [-0.15, -0.1) is 11.7 Å². The van der Waals surface area contributed by atoms with E-state index in [2.05, 4.69) is 27.1 Å². The Hall–Kier alpha value is -1.56. The fraction of sp³-hybridized carbons (Fsp3) is 0.500. The smallest absolute Gasteiger partial charge is 0.243 e. The summed E-state index contributed by atoms with van der Waals surface area (Å²) in [7, 11) is 0. The van der Waals surface area contributed by atoms with E-state index in [0.29, 0.717) is 31.7 Å². The van der Waals surface area contributed by atoms with Gasteiger partial charge in [0.25, 0.3) is 0 Å². The molecule has 1 aromatic heterocycles. The molecular weight excluding hydrogens is 182 g/mol. The molecule has 1 rings (SSSR count). The van der Waals surface area contributed by atoms with Gasteiger partial charge < -0.3 is 15.8 Å². The summed E-state index contributed by atoms with van der Waals surface area (Å²) in [5.41, 5.74) is 5.34. The Labute approximate surface area is 82.6 Å². The number of anilines is 2. The van der Waals surface area contributed by atoms with Crippen molar-refractivity contribution in [3.63, 3.8) is 0 Å². The normalized spacial score (nSPS) is 10.0. The summed E-state index contributed by atoms with van der Waals surface area (Å²) in [6.45, 7) is 5.57. The highest BCUT2D eigenvalue weighted by molar-refractivity contribution is 5.29. The third kappa shape index (κ3) is 3.90. The number of nitrogen functional groups attached to an aromatic ring is 1. The van der Waals surface area contributed by atoms with Gasteiger partial charge >= 0.3 is 0 Å². The van der Waals surface area contributed by atoms with Gasteiger partial charge in [-0.25, -0.2) is 5.10 Å². The first-order chi connectivity index (χ1) is 6.83. The number of rotatable bonds is 7. The second-order valence-electron chi connectivity index (χ2n) is 2.66. The van der Waals surface area contributed by atoms with Crippen molar-refractivity contribution >= 4 is 11.9 Å². The zero-order valence-corrected chi connectivity index (χ0v) is 7.99. The highest BCUT2D eigenvalue weighted by atomic mass is 16.5. The first kappa shape index (κ1) is 10.5. The molecule has 78 valence electrons. The predicted octanol–water partition coefficient (Wildman–Crippen LogP) is 0.391. The minimum absolute atomic E-state index is 0.306. The van der Waals surface area contributed by atoms with Crippen LogP contribution >= 0.6 is 0 Å². The molecule has 1 heterocycles. The van der Waals surface area contributed by atoms with Crippen molar-refractivity contribution in [2.75, 3.05) is 30.8 Å². The van der Waals surface area contributed by atoms with E-state index in [0.717, 1.165) is 6.42 Å². The third-order valence-corrected chi connectivity index (χ3v) is 1.50. The van der Waals surface area contributed by atoms with Gasteiger partial charge in [-0.1, -0.05) is 6.08 Å². The molecule has 0 fully saturated rings. The highest BCUT2D eigenvalue weighted by Crippen LogP contribution is 1.97. The number of nitrogens with two attached hydrogens (primary N) is 1. The van der Waals surface area contributed by atoms with Crippen molar-refractivity contribution in [1.82, 2.24) is 15.2 Å². The van der Waals surface area contributed by atoms with E-state index in [1.807, 2.05) is 6.08 Å². The molecule has 0 radical (unpaired) electrons. The molecule has 0 atom stereocenters. The molecule has 6 heteroatoms. The first-order valence-corrected chi connectivity index (χ1v) is 4.43. The van der Waals surface area contributed by atoms with Crippen LogP contribution in [0.3, 0.4) is 0 Å². The lowest BCUT2D eigenvalue weighted by atomic mass is 10.4. The number of hydrogen-bond donors (Lipinski definition) is 3. The molecule has 0 spiro atoms. The van der Waals surface area contributed by atoms with Gasteiger partial charge in [-0.2, -0.15) is 4.98 Å². The Morgan fingerprint density at radius 1 is 1.57 bits per heavy atom. The van der Waals surface area contributed by atoms with Crippen molar-refractivity contribution in [2.24, 2.45) is 0 Å². The molecule has 0 saturated carbocycles. The van der Waals surface area contributed by atoms with Crippen molar-refractivity contribution in [1.29, 1.82) is 0 Å². The summed E-state index contributed by atoms with van der Waals surface area (Å²) < 4.78 is 5.27. The summed E-state index contributed by atoms with van der Waals surface area (Å²) in [5.74, 6) is 0.801. The van der Waals surface area contributed by atoms with Gasteiger partial charge in [-0.05, 0) is 6.42 Å². The highest BCUT2D eigenvalue weighted by Gasteiger charge is 1.97. The maximum Gasteiger partial charge on any atom is 0.243 e. The van der Waals surface area contributed by atoms with Crippen molar-refractivity contribution in [2.45, 2.75) is 6.42 Å². The van der Waals surface area contributed by atoms with Crippen LogP contribution in [0.1, 0.15) is 6.42 Å². The Kier molecular flexibility index (Phi) is 4.49. The van der Waals surface area contributed by atoms with E-state index in [-0.39, 0.29) is 0 Å². The number of aromatic amines is 1. The average molecular weight is 197 g/mol. The lowest BCUT2D eigenvalue weighted by Crippen LogP contribution is -2.10. The maximum absolute atomic E-state index is 5.34. The zero-order valence-electron chi connectivity index (χ0n) is 7.99. The van der Waals surface area contributed by atoms with Crippen LogP contribution in [0, 0.1) is 0 Å². The molecule has 0 aliphatic heterocycles. The van der Waals surface area contributed by atoms with E-state index < -0.39 is 0 Å². The molecule has 1 aromatic rings. The molecule has 0 bridgehead atoms. The van der Waals surface area contributed by atoms with E-state index >= 15 is 0 Å². The van der Waals surface area contributed by atoms with Crippen LogP contribution in [0.4, 0.5) is 11.9 Å². The molecule has 0 aromatic carbocycles. The van der Waals surface area contributed by atoms with Gasteiger partial charge in [0.1, 0.15) is 0 Å². The summed E-state index contributed by atoms with van der Waals surface area (Å²) in [6, 6.07) is 0. The van der Waals surface area contributed by atoms with Crippen LogP contribution in [0.5, 0.6) is 0 Å². The first-order valence-electron chi connectivity index (χ1n) is 4.43. The van der Waals surface area contributed by atoms with Gasteiger partial charge in [0.2, 0.25) is 11.9 Å². The number of aromatic nitrogens is 3. The maximum atomic E-state index is 5.34. The second kappa shape index (κ2) is 5.98. The summed E-state index contributed by atoms with van der Waals surface area (Å²) >= 11 is 0. The van der Waals surface area contributed by atoms with Crippen LogP contribution in [0.2, 0.25) is 0 Å². The molecule has 0 aliphatic rings. The summed E-state index contributed by atoms with van der Waals surface area (Å²) in [6.07, 6.45) is 2.69. The van der Waals surface area contributed by atoms with Gasteiger partial charge in [0, 0.05) is 6.54 Å². The standard InChI is InChI=1S/C8H15N5O/c1-2-3-5-14-6-4-10-8-11-7(9)12-13-8/h2H,1,3-6H2,(H4,9,10,11,12,13). The van der Waals surface area contributed by atoms with Gasteiger partial charge in [0.05, 0.1) is 13.2 Å². The molecule has 6 nitrogen and oxygen atoms in total. The fourth-order valence-electron chi connectivity index (χ4n) is 0.857. The quantitative estimate of drug-likeness (QED) is 0.434. The molecule has 0 amide bonds. The third-order valence-electron chi connectivity index (χ3n) is 1.50. The molecule has 0 unspecified atom stereocenters. The van der Waals surface area contributed by atoms with Crippen LogP contribution in [0.25, 0.3) is 0 Å². The average Bonchev–Trinajstić information content (AvgIpc) is 2.58. The summed E-state index contributed by atoms with van der Waals surface area (Å²) in [4.78, 5) is 3.87. The van der Waals surface area contributed by atoms with Gasteiger partial charge in [-0.3, -0.25) is 0 Å². The van der Waals surface area contributed by atoms with Gasteiger partial charge in [0.15, 0.2) is 0 Å². The predicted molar refractivity (Wildman–Crippen MR) is 54.9 cm³/mol. The molecule has 14 heavy (non-hydrogen) atoms. The summed E-state index contributed by atoms with van der Waals surface area (Å²) in [5, 5.41) is 9.29. The number of nitrogens with zero attached hydrogens (tertiary/aromatic N) is 2. The second-order valence-corrected chi connectivity index (χ2v) is 2.66. The molecular formula is C8H15N5O. The van der Waals surface area contributed by atoms with Crippen molar-refractivity contribution in [3.05, 3.63) is 12.7 Å². The zero-order chi connectivity index (χ0) is 10.2. The fourth-order valence-corrected chi connectivity index (χ4v) is 0.857. The monoisotopic (exact) mass is 197 g/mol. The largest absolute Gasteiger partial charge is 0.379 e. The Morgan fingerprint density at radius 2 is 2.43 bits per heavy atom. The minimum atomic E-state index is 0.306. The molecule has 4 N–H and O–H groups in total. The van der Waals surface area contributed by atoms with Crippen LogP contribution in [0.15, 0.2) is 12.7 Å². The van der Waals surface area contributed by atoms with E-state index in [4.69, 9.17) is 10.5 Å². The number of H-pyrrole nitrogens is 1. The Morgan fingerprint density at radius 3 is 3.07 bits per heavy atom. The molecule has 0 aliphatic carbocycles. The van der Waals surface area contributed by atoms with Crippen molar-refractivity contribution in [3.8, 4) is 0 Å². The van der Waals surface area contributed by atoms with E-state index in [1.165, 1.54) is 0 Å². The number of hydrogen-bond acceptors (Lipinski definition) is 5. The number of ether oxygens (including phenoxy) is 1. The number of nitrogens with one attached hydrogen (secondary N) is 2. The van der Waals surface area contributed by atoms with E-state index in [9.17, 15) is 0 Å². The Balaban J connectivity index is 2.01. The van der Waals surface area contributed by atoms with Crippen LogP contribution in [-0.4, -0.2) is 34.9 Å². The molecule has 0 saturated heterocycles. The Bertz CT molecular complexity index is 272. The minimum Gasteiger partial charge on any atom is -0.379 e.